The van der Waals surface area contributed by atoms with Crippen LogP contribution in [0.25, 0.3) is 87.9 Å². The molecule has 10 aromatic rings. The van der Waals surface area contributed by atoms with Crippen molar-refractivity contribution in [2.75, 3.05) is 7.15 Å². The van der Waals surface area contributed by atoms with Crippen LogP contribution in [0.3, 0.4) is 0 Å². The van der Waals surface area contributed by atoms with E-state index in [2.05, 4.69) is 139 Å². The van der Waals surface area contributed by atoms with Crippen molar-refractivity contribution >= 4 is 116 Å². The van der Waals surface area contributed by atoms with Crippen molar-refractivity contribution in [3.05, 3.63) is 149 Å². The highest BCUT2D eigenvalue weighted by Gasteiger charge is 2.15. The molecule has 4 aromatic heterocycles. The summed E-state index contributed by atoms with van der Waals surface area (Å²) in [6.45, 7) is 0. The van der Waals surface area contributed by atoms with E-state index < -0.39 is 12.4 Å². The Morgan fingerprint density at radius 2 is 1.13 bits per heavy atom. The molecule has 4 heterocycles. The molecule has 0 aliphatic carbocycles. The third-order valence-electron chi connectivity index (χ3n) is 8.67. The number of H-pyrrole nitrogens is 1. The van der Waals surface area contributed by atoms with Gasteiger partial charge in [-0.1, -0.05) is 109 Å². The zero-order chi connectivity index (χ0) is 39.4. The van der Waals surface area contributed by atoms with E-state index in [1.165, 1.54) is 39.8 Å². The number of hydrogen-bond donors (Lipinski definition) is 1. The van der Waals surface area contributed by atoms with Crippen molar-refractivity contribution in [2.45, 2.75) is 0 Å². The van der Waals surface area contributed by atoms with Gasteiger partial charge in [-0.05, 0) is 102 Å². The van der Waals surface area contributed by atoms with Gasteiger partial charge in [0.05, 0.1) is 14.9 Å². The molecule has 274 valence electrons. The van der Waals surface area contributed by atoms with E-state index >= 15 is 0 Å². The highest BCUT2D eigenvalue weighted by Crippen LogP contribution is 2.61. The minimum atomic E-state index is -3.22. The van der Waals surface area contributed by atoms with Crippen LogP contribution in [0.1, 0.15) is 1.37 Å². The van der Waals surface area contributed by atoms with Crippen molar-refractivity contribution in [1.29, 1.82) is 0 Å². The van der Waals surface area contributed by atoms with Crippen LogP contribution in [-0.4, -0.2) is 27.1 Å². The number of fused-ring (bicyclic) bond motifs is 8. The van der Waals surface area contributed by atoms with E-state index in [0.29, 0.717) is 21.8 Å². The van der Waals surface area contributed by atoms with Gasteiger partial charge in [0.2, 0.25) is 5.58 Å². The summed E-state index contributed by atoms with van der Waals surface area (Å²) in [7, 11) is -1.00. The van der Waals surface area contributed by atoms with Crippen LogP contribution < -0.4 is 5.56 Å². The first-order valence-electron chi connectivity index (χ1n) is 17.0. The Morgan fingerprint density at radius 1 is 0.655 bits per heavy atom. The predicted molar refractivity (Wildman–Crippen MR) is 225 cm³/mol. The molecule has 0 saturated carbocycles. The molecule has 0 fully saturated rings. The maximum absolute atomic E-state index is 11.9. The summed E-state index contributed by atoms with van der Waals surface area (Å²) in [6, 6.07) is 41.3. The molecule has 14 heteroatoms. The van der Waals surface area contributed by atoms with Crippen molar-refractivity contribution < 1.29 is 19.2 Å². The van der Waals surface area contributed by atoms with Crippen LogP contribution in [0.2, 0.25) is 5.15 Å². The first kappa shape index (κ1) is 36.7. The summed E-state index contributed by atoms with van der Waals surface area (Å²) in [5, 5.41) is 3.74. The topological polar surface area (TPSA) is 115 Å². The molecule has 0 radical (unpaired) electrons. The number of halogens is 5. The normalized spacial score (nSPS) is 11.5. The maximum atomic E-state index is 11.9. The van der Waals surface area contributed by atoms with E-state index in [0.717, 1.165) is 38.6 Å². The Hall–Kier alpha value is -5.28. The zero-order valence-electron chi connectivity index (χ0n) is 29.2. The first-order valence-corrected chi connectivity index (χ1v) is 21.1. The lowest BCUT2D eigenvalue weighted by molar-refractivity contribution is 0.600. The Balaban J connectivity index is 0.000000145. The molecule has 0 atom stereocenters. The van der Waals surface area contributed by atoms with Crippen LogP contribution in [0.5, 0.6) is 0 Å². The third-order valence-corrected chi connectivity index (χ3v) is 8.93. The summed E-state index contributed by atoms with van der Waals surface area (Å²) in [5.41, 5.74) is 7.83. The van der Waals surface area contributed by atoms with E-state index in [4.69, 9.17) is 21.8 Å². The van der Waals surface area contributed by atoms with Gasteiger partial charge >= 0.3 is 5.20 Å². The van der Waals surface area contributed by atoms with E-state index in [1.807, 2.05) is 36.4 Å². The van der Waals surface area contributed by atoms with Gasteiger partial charge in [0.1, 0.15) is 28.5 Å². The predicted octanol–water partition coefficient (Wildman–Crippen LogP) is 13.7. The quantitative estimate of drug-likeness (QED) is 0.136. The number of nitrogens with one attached hydrogen (secondary N) is 1. The molecule has 0 spiro atoms. The Morgan fingerprint density at radius 3 is 1.67 bits per heavy atom. The Bertz CT molecular complexity index is 3120. The van der Waals surface area contributed by atoms with Crippen molar-refractivity contribution in [3.63, 3.8) is 0 Å². The van der Waals surface area contributed by atoms with Crippen molar-refractivity contribution in [1.82, 2.24) is 19.9 Å². The molecule has 0 saturated heterocycles. The Kier molecular flexibility index (Phi) is 10.8. The van der Waals surface area contributed by atoms with Gasteiger partial charge < -0.3 is 13.8 Å². The average molecular weight is 831 g/mol. The number of furan rings is 2. The van der Waals surface area contributed by atoms with Crippen LogP contribution in [0, 0.1) is 0 Å². The fraction of sp³-hybridized carbons (Fsp3) is 0.0244. The summed E-state index contributed by atoms with van der Waals surface area (Å²) in [6.07, 6.45) is 2.87. The van der Waals surface area contributed by atoms with Crippen LogP contribution in [0.15, 0.2) is 148 Å². The fourth-order valence-corrected chi connectivity index (χ4v) is 6.60. The largest absolute Gasteiger partial charge is 0.451 e. The minimum Gasteiger partial charge on any atom is -0.451 e. The lowest BCUT2D eigenvalue weighted by atomic mass is 9.97. The number of benzene rings is 6. The van der Waals surface area contributed by atoms with Crippen LogP contribution in [0.4, 0.5) is 4.39 Å². The summed E-state index contributed by atoms with van der Waals surface area (Å²) in [5.74, 6) is 0. The summed E-state index contributed by atoms with van der Waals surface area (Å²) >= 11 is 20.0. The van der Waals surface area contributed by atoms with Crippen molar-refractivity contribution in [2.24, 2.45) is 0 Å². The molecule has 6 aromatic carbocycles. The Labute approximate surface area is 332 Å². The second-order valence-corrected chi connectivity index (χ2v) is 18.8. The lowest BCUT2D eigenvalue weighted by Gasteiger charge is -2.06. The highest BCUT2D eigenvalue weighted by atomic mass is 36.0. The van der Waals surface area contributed by atoms with Gasteiger partial charge in [-0.3, -0.25) is 13.8 Å². The van der Waals surface area contributed by atoms with Crippen molar-refractivity contribution in [3.8, 4) is 22.3 Å². The third kappa shape index (κ3) is 8.08. The SMILES string of the molecule is Clc1ncnc2c1oc1ccc(-c3cccc4ccccc34)cc12.O=P(Cl)(Cl)Cl.O=c1[nH]cnc2c1oc1ccc(-c3cccc4ccccc34)cc12.[2H]CF. The zero-order valence-corrected chi connectivity index (χ0v) is 32.1. The second kappa shape index (κ2) is 16.2. The molecule has 55 heavy (non-hydrogen) atoms. The average Bonchev–Trinajstić information content (AvgIpc) is 3.77. The molecule has 0 amide bonds. The first-order chi connectivity index (χ1) is 27.0. The molecule has 0 aliphatic rings. The van der Waals surface area contributed by atoms with Gasteiger partial charge in [0, 0.05) is 10.8 Å². The monoisotopic (exact) mass is 829 g/mol. The lowest BCUT2D eigenvalue weighted by Crippen LogP contribution is -2.03. The molecule has 10 rings (SSSR count). The molecule has 0 aliphatic heterocycles. The van der Waals surface area contributed by atoms with Crippen LogP contribution >= 0.6 is 50.5 Å². The molecule has 0 unspecified atom stereocenters. The van der Waals surface area contributed by atoms with Gasteiger partial charge in [0.15, 0.2) is 10.7 Å². The smallest absolute Gasteiger partial charge is 0.339 e. The van der Waals surface area contributed by atoms with E-state index in [-0.39, 0.29) is 11.1 Å². The number of hydrogen-bond acceptors (Lipinski definition) is 7. The number of rotatable bonds is 2. The van der Waals surface area contributed by atoms with E-state index in [1.54, 1.807) is 0 Å². The standard InChI is InChI=1S/C20H11ClN2O.C20H12N2O2.CH3F.Cl3OP/c21-20-19-18(22-11-23-20)16-10-13(8-9-17(16)24-19)15-7-3-5-12-4-1-2-6-14(12)15;23-20-19-18(21-11-22-20)16-10-13(8-9-17(16)24-19)15-7-3-5-12-4-1-2-6-14(12)15;1-2;1-5(2,3)4/h1-11H;1-11H,(H,21,22,23);1H3;/i;;1D;. The summed E-state index contributed by atoms with van der Waals surface area (Å²) in [4.78, 5) is 27.0. The number of nitrogens with zero attached hydrogens (tertiary/aromatic N) is 3. The maximum Gasteiger partial charge on any atom is 0.339 e. The highest BCUT2D eigenvalue weighted by molar-refractivity contribution is 8.24. The molecular formula is C41H26Cl4FN4O4P. The van der Waals surface area contributed by atoms with E-state index in [9.17, 15) is 13.8 Å². The molecule has 1 N–H and O–H groups in total. The minimum absolute atomic E-state index is 0.261. The van der Waals surface area contributed by atoms with Crippen LogP contribution in [-0.2, 0) is 4.57 Å². The van der Waals surface area contributed by atoms with Gasteiger partial charge in [-0.2, -0.15) is 0 Å². The number of aromatic amines is 1. The second-order valence-electron chi connectivity index (χ2n) is 11.8. The van der Waals surface area contributed by atoms with Gasteiger partial charge in [-0.25, -0.2) is 15.0 Å². The molecular weight excluding hydrogens is 804 g/mol. The van der Waals surface area contributed by atoms with Gasteiger partial charge in [0.25, 0.3) is 5.56 Å². The number of alkyl halides is 1. The molecule has 8 nitrogen and oxygen atoms in total. The summed E-state index contributed by atoms with van der Waals surface area (Å²) < 4.78 is 36.5. The van der Waals surface area contributed by atoms with Gasteiger partial charge in [-0.15, -0.1) is 0 Å². The fourth-order valence-electron chi connectivity index (χ4n) is 6.43. The number of aromatic nitrogens is 4. The molecule has 0 bridgehead atoms.